The number of benzene rings is 2. The predicted octanol–water partition coefficient (Wildman–Crippen LogP) is 3.81. The van der Waals surface area contributed by atoms with E-state index in [4.69, 9.17) is 9.47 Å². The van der Waals surface area contributed by atoms with Crippen molar-refractivity contribution in [1.82, 2.24) is 9.80 Å². The molecule has 3 aliphatic heterocycles. The molecule has 3 saturated heterocycles. The minimum absolute atomic E-state index is 0.0968. The lowest BCUT2D eigenvalue weighted by Gasteiger charge is -2.39. The third-order valence-corrected chi connectivity index (χ3v) is 7.29. The number of amides is 2. The third-order valence-electron chi connectivity index (χ3n) is 7.29. The molecule has 0 N–H and O–H groups in total. The molecule has 33 heavy (non-hydrogen) atoms. The molecule has 1 spiro atoms. The van der Waals surface area contributed by atoms with Gasteiger partial charge in [0.2, 0.25) is 5.91 Å². The van der Waals surface area contributed by atoms with Crippen molar-refractivity contribution in [2.75, 3.05) is 32.8 Å². The lowest BCUT2D eigenvalue weighted by atomic mass is 9.73. The van der Waals surface area contributed by atoms with Crippen molar-refractivity contribution in [3.63, 3.8) is 0 Å². The molecule has 2 amide bonds. The van der Waals surface area contributed by atoms with Crippen LogP contribution in [0.25, 0.3) is 0 Å². The molecule has 2 aromatic rings. The Bertz CT molecular complexity index is 1030. The zero-order chi connectivity index (χ0) is 23.1. The van der Waals surface area contributed by atoms with Gasteiger partial charge in [-0.1, -0.05) is 42.0 Å². The van der Waals surface area contributed by atoms with Gasteiger partial charge in [0, 0.05) is 32.7 Å². The summed E-state index contributed by atoms with van der Waals surface area (Å²) in [5.74, 6) is -0.209. The maximum Gasteiger partial charge on any atom is 0.410 e. The minimum atomic E-state index is -0.688. The van der Waals surface area contributed by atoms with E-state index in [1.807, 2.05) is 11.8 Å². The molecule has 3 aliphatic rings. The van der Waals surface area contributed by atoms with Crippen molar-refractivity contribution in [3.05, 3.63) is 71.0 Å². The molecule has 3 heterocycles. The molecule has 2 aromatic carbocycles. The SMILES string of the molecule is Cc1ccc(C2(C(=O)N3CC[C@]4(CN(Cc5ccc(F)cc5)C(=O)O4)C3)CCOCC2)cc1. The Morgan fingerprint density at radius 3 is 2.39 bits per heavy atom. The van der Waals surface area contributed by atoms with Gasteiger partial charge in [-0.15, -0.1) is 0 Å². The Hall–Kier alpha value is -2.93. The van der Waals surface area contributed by atoms with E-state index in [1.165, 1.54) is 12.1 Å². The lowest BCUT2D eigenvalue weighted by molar-refractivity contribution is -0.141. The molecule has 1 atom stereocenters. The number of halogens is 1. The first kappa shape index (κ1) is 21.9. The highest BCUT2D eigenvalue weighted by molar-refractivity contribution is 5.89. The van der Waals surface area contributed by atoms with Crippen LogP contribution in [0.4, 0.5) is 9.18 Å². The largest absolute Gasteiger partial charge is 0.439 e. The van der Waals surface area contributed by atoms with E-state index in [0.29, 0.717) is 58.7 Å². The van der Waals surface area contributed by atoms with Gasteiger partial charge in [-0.3, -0.25) is 9.69 Å². The summed E-state index contributed by atoms with van der Waals surface area (Å²) in [6.07, 6.45) is 1.53. The number of likely N-dealkylation sites (tertiary alicyclic amines) is 1. The van der Waals surface area contributed by atoms with Crippen molar-refractivity contribution >= 4 is 12.0 Å². The number of hydrogen-bond donors (Lipinski definition) is 0. The topological polar surface area (TPSA) is 59.1 Å². The van der Waals surface area contributed by atoms with Gasteiger partial charge in [-0.2, -0.15) is 0 Å². The van der Waals surface area contributed by atoms with E-state index in [9.17, 15) is 14.0 Å². The van der Waals surface area contributed by atoms with Crippen LogP contribution in [0.3, 0.4) is 0 Å². The molecule has 0 radical (unpaired) electrons. The highest BCUT2D eigenvalue weighted by Crippen LogP contribution is 2.40. The summed E-state index contributed by atoms with van der Waals surface area (Å²) in [7, 11) is 0. The maximum atomic E-state index is 13.9. The molecule has 174 valence electrons. The average molecular weight is 453 g/mol. The normalized spacial score (nSPS) is 24.4. The summed E-state index contributed by atoms with van der Waals surface area (Å²) >= 11 is 0. The van der Waals surface area contributed by atoms with Crippen LogP contribution in [0.2, 0.25) is 0 Å². The van der Waals surface area contributed by atoms with Crippen LogP contribution in [-0.2, 0) is 26.2 Å². The van der Waals surface area contributed by atoms with Crippen LogP contribution in [-0.4, -0.2) is 60.2 Å². The second kappa shape index (κ2) is 8.45. The number of ether oxygens (including phenoxy) is 2. The van der Waals surface area contributed by atoms with Crippen LogP contribution < -0.4 is 0 Å². The van der Waals surface area contributed by atoms with Gasteiger partial charge in [-0.25, -0.2) is 9.18 Å². The van der Waals surface area contributed by atoms with Crippen molar-refractivity contribution < 1.29 is 23.5 Å². The quantitative estimate of drug-likeness (QED) is 0.708. The van der Waals surface area contributed by atoms with Crippen LogP contribution in [0.5, 0.6) is 0 Å². The second-order valence-electron chi connectivity index (χ2n) is 9.57. The first-order valence-corrected chi connectivity index (χ1v) is 11.6. The highest BCUT2D eigenvalue weighted by atomic mass is 19.1. The van der Waals surface area contributed by atoms with Crippen molar-refractivity contribution in [2.24, 2.45) is 0 Å². The van der Waals surface area contributed by atoms with Crippen molar-refractivity contribution in [2.45, 2.75) is 43.7 Å². The van der Waals surface area contributed by atoms with Gasteiger partial charge in [0.25, 0.3) is 0 Å². The Morgan fingerprint density at radius 1 is 1.00 bits per heavy atom. The summed E-state index contributed by atoms with van der Waals surface area (Å²) in [5, 5.41) is 0. The van der Waals surface area contributed by atoms with Crippen LogP contribution in [0.1, 0.15) is 36.0 Å². The fourth-order valence-corrected chi connectivity index (χ4v) is 5.38. The molecule has 0 aliphatic carbocycles. The van der Waals surface area contributed by atoms with E-state index in [0.717, 1.165) is 16.7 Å². The standard InChI is InChI=1S/C26H29FN2O4/c1-19-2-6-21(7-3-19)26(11-14-32-15-12-26)23(30)28-13-10-25(17-28)18-29(24(31)33-25)16-20-4-8-22(27)9-5-20/h2-9H,10-18H2,1H3/t25-/m1/s1. The van der Waals surface area contributed by atoms with E-state index in [1.54, 1.807) is 17.0 Å². The molecule has 0 saturated carbocycles. The van der Waals surface area contributed by atoms with Gasteiger partial charge in [0.1, 0.15) is 5.82 Å². The van der Waals surface area contributed by atoms with Crippen LogP contribution >= 0.6 is 0 Å². The van der Waals surface area contributed by atoms with Crippen LogP contribution in [0.15, 0.2) is 48.5 Å². The minimum Gasteiger partial charge on any atom is -0.439 e. The van der Waals surface area contributed by atoms with E-state index in [-0.39, 0.29) is 17.8 Å². The number of rotatable bonds is 4. The predicted molar refractivity (Wildman–Crippen MR) is 120 cm³/mol. The zero-order valence-electron chi connectivity index (χ0n) is 18.9. The molecule has 3 fully saturated rings. The lowest BCUT2D eigenvalue weighted by Crippen LogP contribution is -2.50. The van der Waals surface area contributed by atoms with Crippen molar-refractivity contribution in [1.29, 1.82) is 0 Å². The van der Waals surface area contributed by atoms with Gasteiger partial charge in [-0.05, 0) is 43.0 Å². The second-order valence-corrected chi connectivity index (χ2v) is 9.57. The highest BCUT2D eigenvalue weighted by Gasteiger charge is 2.53. The Balaban J connectivity index is 1.32. The van der Waals surface area contributed by atoms with Gasteiger partial charge in [0.05, 0.1) is 18.5 Å². The average Bonchev–Trinajstić information content (AvgIpc) is 3.37. The Morgan fingerprint density at radius 2 is 1.70 bits per heavy atom. The summed E-state index contributed by atoms with van der Waals surface area (Å²) in [6.45, 7) is 4.89. The molecule has 7 heteroatoms. The molecule has 0 bridgehead atoms. The first-order chi connectivity index (χ1) is 15.9. The number of nitrogens with zero attached hydrogens (tertiary/aromatic N) is 2. The Labute approximate surface area is 193 Å². The van der Waals surface area contributed by atoms with Crippen LogP contribution in [0, 0.1) is 12.7 Å². The fraction of sp³-hybridized carbons (Fsp3) is 0.462. The zero-order valence-corrected chi connectivity index (χ0v) is 18.9. The number of carbonyl (C=O) groups is 2. The van der Waals surface area contributed by atoms with Crippen molar-refractivity contribution in [3.8, 4) is 0 Å². The summed E-state index contributed by atoms with van der Waals surface area (Å²) in [6, 6.07) is 14.4. The third kappa shape index (κ3) is 4.10. The van der Waals surface area contributed by atoms with E-state index >= 15 is 0 Å². The molecule has 6 nitrogen and oxygen atoms in total. The molecule has 0 aromatic heterocycles. The number of carbonyl (C=O) groups excluding carboxylic acids is 2. The van der Waals surface area contributed by atoms with E-state index in [2.05, 4.69) is 24.3 Å². The number of aryl methyl sites for hydroxylation is 1. The van der Waals surface area contributed by atoms with Gasteiger partial charge >= 0.3 is 6.09 Å². The van der Waals surface area contributed by atoms with Gasteiger partial charge in [0.15, 0.2) is 5.60 Å². The summed E-state index contributed by atoms with van der Waals surface area (Å²) < 4.78 is 24.6. The maximum absolute atomic E-state index is 13.9. The number of hydrogen-bond acceptors (Lipinski definition) is 4. The summed E-state index contributed by atoms with van der Waals surface area (Å²) in [5.41, 5.74) is 1.74. The summed E-state index contributed by atoms with van der Waals surface area (Å²) in [4.78, 5) is 30.0. The molecular formula is C26H29FN2O4. The fourth-order valence-electron chi connectivity index (χ4n) is 5.38. The molecule has 5 rings (SSSR count). The Kier molecular flexibility index (Phi) is 5.60. The monoisotopic (exact) mass is 452 g/mol. The molecular weight excluding hydrogens is 423 g/mol. The molecule has 0 unspecified atom stereocenters. The van der Waals surface area contributed by atoms with E-state index < -0.39 is 11.0 Å². The van der Waals surface area contributed by atoms with Gasteiger partial charge < -0.3 is 14.4 Å². The first-order valence-electron chi connectivity index (χ1n) is 11.6. The smallest absolute Gasteiger partial charge is 0.410 e.